The minimum absolute atomic E-state index is 0.403. The maximum absolute atomic E-state index is 11.0. The van der Waals surface area contributed by atoms with Crippen molar-refractivity contribution in [1.29, 1.82) is 0 Å². The highest BCUT2D eigenvalue weighted by Crippen LogP contribution is 1.85. The first-order valence-corrected chi connectivity index (χ1v) is 4.34. The van der Waals surface area contributed by atoms with E-state index in [1.165, 1.54) is 6.92 Å². The molecule has 14 heavy (non-hydrogen) atoms. The van der Waals surface area contributed by atoms with E-state index in [0.29, 0.717) is 6.54 Å². The van der Waals surface area contributed by atoms with Gasteiger partial charge in [0.05, 0.1) is 0 Å². The Morgan fingerprint density at radius 2 is 2.00 bits per heavy atom. The van der Waals surface area contributed by atoms with E-state index in [4.69, 9.17) is 5.11 Å². The van der Waals surface area contributed by atoms with Gasteiger partial charge in [-0.15, -0.1) is 0 Å². The molecular weight excluding hydrogens is 184 g/mol. The second kappa shape index (κ2) is 6.01. The topological polar surface area (TPSA) is 78.4 Å². The Morgan fingerprint density at radius 1 is 1.43 bits per heavy atom. The van der Waals surface area contributed by atoms with E-state index < -0.39 is 18.0 Å². The summed E-state index contributed by atoms with van der Waals surface area (Å²) in [7, 11) is 0. The molecule has 5 nitrogen and oxygen atoms in total. The van der Waals surface area contributed by atoms with Crippen LogP contribution in [0.15, 0.2) is 11.6 Å². The first-order valence-electron chi connectivity index (χ1n) is 4.34. The zero-order valence-electron chi connectivity index (χ0n) is 8.63. The molecule has 0 saturated carbocycles. The summed E-state index contributed by atoms with van der Waals surface area (Å²) in [6.45, 7) is 5.64. The molecule has 0 aliphatic rings. The van der Waals surface area contributed by atoms with Crippen molar-refractivity contribution >= 4 is 12.0 Å². The van der Waals surface area contributed by atoms with Crippen molar-refractivity contribution in [3.05, 3.63) is 11.6 Å². The Hall–Kier alpha value is -1.52. The lowest BCUT2D eigenvalue weighted by Crippen LogP contribution is -2.44. The van der Waals surface area contributed by atoms with Gasteiger partial charge in [-0.05, 0) is 20.8 Å². The summed E-state index contributed by atoms with van der Waals surface area (Å²) in [5.74, 6) is -1.05. The first kappa shape index (κ1) is 12.5. The number of urea groups is 1. The lowest BCUT2D eigenvalue weighted by Gasteiger charge is -2.09. The van der Waals surface area contributed by atoms with Gasteiger partial charge >= 0.3 is 12.0 Å². The molecule has 80 valence electrons. The second-order valence-electron chi connectivity index (χ2n) is 3.20. The van der Waals surface area contributed by atoms with Crippen LogP contribution in [0.5, 0.6) is 0 Å². The highest BCUT2D eigenvalue weighted by molar-refractivity contribution is 5.82. The maximum atomic E-state index is 11.0. The molecule has 3 N–H and O–H groups in total. The van der Waals surface area contributed by atoms with Gasteiger partial charge in [0.1, 0.15) is 6.04 Å². The number of carboxylic acid groups (broad SMARTS) is 1. The Labute approximate surface area is 83.2 Å². The van der Waals surface area contributed by atoms with Gasteiger partial charge in [0, 0.05) is 6.54 Å². The minimum Gasteiger partial charge on any atom is -0.480 e. The number of hydrogen-bond donors (Lipinski definition) is 3. The Bertz CT molecular complexity index is 244. The van der Waals surface area contributed by atoms with E-state index in [-0.39, 0.29) is 0 Å². The number of hydrogen-bond acceptors (Lipinski definition) is 2. The molecule has 0 aromatic heterocycles. The number of allylic oxidation sites excluding steroid dienone is 1. The summed E-state index contributed by atoms with van der Waals surface area (Å²) in [5, 5.41) is 13.3. The fourth-order valence-electron chi connectivity index (χ4n) is 0.657. The van der Waals surface area contributed by atoms with Crippen molar-refractivity contribution in [3.8, 4) is 0 Å². The largest absolute Gasteiger partial charge is 0.480 e. The van der Waals surface area contributed by atoms with E-state index in [1.807, 2.05) is 19.9 Å². The van der Waals surface area contributed by atoms with E-state index in [9.17, 15) is 9.59 Å². The summed E-state index contributed by atoms with van der Waals surface area (Å²) in [4.78, 5) is 21.4. The van der Waals surface area contributed by atoms with Crippen LogP contribution >= 0.6 is 0 Å². The summed E-state index contributed by atoms with van der Waals surface area (Å²) in [6, 6.07) is -1.35. The van der Waals surface area contributed by atoms with Gasteiger partial charge < -0.3 is 15.7 Å². The van der Waals surface area contributed by atoms with Crippen LogP contribution < -0.4 is 10.6 Å². The van der Waals surface area contributed by atoms with Crippen molar-refractivity contribution < 1.29 is 14.7 Å². The zero-order valence-corrected chi connectivity index (χ0v) is 8.63. The van der Waals surface area contributed by atoms with Crippen LogP contribution in [0.25, 0.3) is 0 Å². The molecule has 1 unspecified atom stereocenters. The molecule has 0 rings (SSSR count). The number of carboxylic acids is 1. The molecule has 0 aliphatic carbocycles. The van der Waals surface area contributed by atoms with Crippen LogP contribution in [0.4, 0.5) is 4.79 Å². The standard InChI is InChI=1S/C9H16N2O3/c1-6(2)4-5-10-9(14)11-7(3)8(12)13/h4,7H,5H2,1-3H3,(H,12,13)(H2,10,11,14). The monoisotopic (exact) mass is 200 g/mol. The van der Waals surface area contributed by atoms with Crippen molar-refractivity contribution in [2.45, 2.75) is 26.8 Å². The number of aliphatic carboxylic acids is 1. The number of carbonyl (C=O) groups is 2. The second-order valence-corrected chi connectivity index (χ2v) is 3.20. The summed E-state index contributed by atoms with van der Waals surface area (Å²) >= 11 is 0. The summed E-state index contributed by atoms with van der Waals surface area (Å²) in [5.41, 5.74) is 1.09. The molecule has 0 aromatic carbocycles. The molecule has 0 spiro atoms. The van der Waals surface area contributed by atoms with Gasteiger partial charge in [0.2, 0.25) is 0 Å². The number of carbonyl (C=O) groups excluding carboxylic acids is 1. The van der Waals surface area contributed by atoms with Crippen LogP contribution in [-0.2, 0) is 4.79 Å². The first-order chi connectivity index (χ1) is 6.43. The SMILES string of the molecule is CC(C)=CCNC(=O)NC(C)C(=O)O. The average molecular weight is 200 g/mol. The van der Waals surface area contributed by atoms with E-state index in [2.05, 4.69) is 10.6 Å². The Morgan fingerprint density at radius 3 is 2.43 bits per heavy atom. The molecule has 5 heteroatoms. The molecule has 0 radical (unpaired) electrons. The van der Waals surface area contributed by atoms with Crippen LogP contribution in [0.3, 0.4) is 0 Å². The molecular formula is C9H16N2O3. The third-order valence-corrected chi connectivity index (χ3v) is 1.49. The van der Waals surface area contributed by atoms with Crippen molar-refractivity contribution in [2.75, 3.05) is 6.54 Å². The molecule has 0 aromatic rings. The van der Waals surface area contributed by atoms with Gasteiger partial charge in [-0.3, -0.25) is 4.79 Å². The quantitative estimate of drug-likeness (QED) is 0.585. The lowest BCUT2D eigenvalue weighted by molar-refractivity contribution is -0.138. The lowest BCUT2D eigenvalue weighted by atomic mass is 10.3. The smallest absolute Gasteiger partial charge is 0.325 e. The fourth-order valence-corrected chi connectivity index (χ4v) is 0.657. The number of rotatable bonds is 4. The average Bonchev–Trinajstić information content (AvgIpc) is 2.02. The predicted molar refractivity (Wildman–Crippen MR) is 53.1 cm³/mol. The van der Waals surface area contributed by atoms with E-state index in [1.54, 1.807) is 0 Å². The predicted octanol–water partition coefficient (Wildman–Crippen LogP) is 0.725. The van der Waals surface area contributed by atoms with Gasteiger partial charge in [0.25, 0.3) is 0 Å². The highest BCUT2D eigenvalue weighted by Gasteiger charge is 2.12. The van der Waals surface area contributed by atoms with E-state index in [0.717, 1.165) is 5.57 Å². The maximum Gasteiger partial charge on any atom is 0.325 e. The minimum atomic E-state index is -1.05. The molecule has 0 heterocycles. The fraction of sp³-hybridized carbons (Fsp3) is 0.556. The van der Waals surface area contributed by atoms with Gasteiger partial charge in [-0.25, -0.2) is 4.79 Å². The third-order valence-electron chi connectivity index (χ3n) is 1.49. The van der Waals surface area contributed by atoms with Crippen LogP contribution in [0, 0.1) is 0 Å². The van der Waals surface area contributed by atoms with Crippen molar-refractivity contribution in [1.82, 2.24) is 10.6 Å². The van der Waals surface area contributed by atoms with Gasteiger partial charge in [-0.1, -0.05) is 11.6 Å². The molecule has 0 bridgehead atoms. The van der Waals surface area contributed by atoms with E-state index >= 15 is 0 Å². The number of amides is 2. The molecule has 0 fully saturated rings. The molecule has 2 amide bonds. The summed E-state index contributed by atoms with van der Waals surface area (Å²) < 4.78 is 0. The van der Waals surface area contributed by atoms with Crippen LogP contribution in [-0.4, -0.2) is 29.7 Å². The van der Waals surface area contributed by atoms with Crippen LogP contribution in [0.1, 0.15) is 20.8 Å². The van der Waals surface area contributed by atoms with Gasteiger partial charge in [0.15, 0.2) is 0 Å². The third kappa shape index (κ3) is 6.05. The Kier molecular flexibility index (Phi) is 5.36. The van der Waals surface area contributed by atoms with Crippen molar-refractivity contribution in [2.24, 2.45) is 0 Å². The highest BCUT2D eigenvalue weighted by atomic mass is 16.4. The molecule has 0 saturated heterocycles. The molecule has 0 aliphatic heterocycles. The van der Waals surface area contributed by atoms with Gasteiger partial charge in [-0.2, -0.15) is 0 Å². The Balaban J connectivity index is 3.77. The molecule has 1 atom stereocenters. The number of nitrogens with one attached hydrogen (secondary N) is 2. The van der Waals surface area contributed by atoms with Crippen LogP contribution in [0.2, 0.25) is 0 Å². The summed E-state index contributed by atoms with van der Waals surface area (Å²) in [6.07, 6.45) is 1.84. The normalized spacial score (nSPS) is 11.4. The van der Waals surface area contributed by atoms with Crippen molar-refractivity contribution in [3.63, 3.8) is 0 Å². The zero-order chi connectivity index (χ0) is 11.1.